The van der Waals surface area contributed by atoms with Crippen LogP contribution in [0.15, 0.2) is 29.4 Å². The number of amides is 1. The maximum atomic E-state index is 12.1. The number of hydrazone groups is 1. The van der Waals surface area contributed by atoms with E-state index in [9.17, 15) is 9.59 Å². The minimum atomic E-state index is -0.783. The first-order valence-corrected chi connectivity index (χ1v) is 10.2. The van der Waals surface area contributed by atoms with Crippen LogP contribution in [0.3, 0.4) is 0 Å². The molecule has 0 radical (unpaired) electrons. The highest BCUT2D eigenvalue weighted by Crippen LogP contribution is 2.21. The van der Waals surface area contributed by atoms with Crippen LogP contribution in [0.5, 0.6) is 0 Å². The van der Waals surface area contributed by atoms with E-state index in [1.54, 1.807) is 10.8 Å². The number of rotatable bonds is 9. The first-order chi connectivity index (χ1) is 11.6. The summed E-state index contributed by atoms with van der Waals surface area (Å²) >= 11 is 0. The van der Waals surface area contributed by atoms with Gasteiger partial charge < -0.3 is 10.4 Å². The average molecular weight is 367 g/mol. The first-order valence-electron chi connectivity index (χ1n) is 7.72. The van der Waals surface area contributed by atoms with Crippen molar-refractivity contribution in [1.82, 2.24) is 5.32 Å². The zero-order valence-corrected chi connectivity index (χ0v) is 15.2. The highest BCUT2D eigenvalue weighted by atomic mass is 33.1. The van der Waals surface area contributed by atoms with Crippen LogP contribution in [-0.2, 0) is 4.79 Å². The Balaban J connectivity index is 1.68. The van der Waals surface area contributed by atoms with Crippen LogP contribution < -0.4 is 10.3 Å². The lowest BCUT2D eigenvalue weighted by molar-refractivity contribution is -0.136. The summed E-state index contributed by atoms with van der Waals surface area (Å²) in [6.45, 7) is 3.45. The number of carbonyl (C=O) groups excluding carboxylic acids is 1. The third-order valence-electron chi connectivity index (χ3n) is 3.36. The Labute approximate surface area is 149 Å². The second kappa shape index (κ2) is 9.58. The third-order valence-corrected chi connectivity index (χ3v) is 5.77. The number of carbonyl (C=O) groups is 2. The number of carboxylic acid groups (broad SMARTS) is 1. The van der Waals surface area contributed by atoms with Gasteiger partial charge in [-0.25, -0.2) is 0 Å². The zero-order chi connectivity index (χ0) is 17.4. The van der Waals surface area contributed by atoms with Gasteiger partial charge in [-0.15, -0.1) is 0 Å². The summed E-state index contributed by atoms with van der Waals surface area (Å²) in [7, 11) is 3.08. The van der Waals surface area contributed by atoms with Crippen molar-refractivity contribution in [2.45, 2.75) is 19.8 Å². The molecule has 1 aliphatic rings. The van der Waals surface area contributed by atoms with Gasteiger partial charge in [0.2, 0.25) is 0 Å². The summed E-state index contributed by atoms with van der Waals surface area (Å²) in [6.07, 6.45) is 1.14. The number of hydrogen-bond acceptors (Lipinski definition) is 6. The molecule has 0 aromatic heterocycles. The fraction of sp³-hybridized carbons (Fsp3) is 0.438. The van der Waals surface area contributed by atoms with Gasteiger partial charge in [-0.3, -0.25) is 14.6 Å². The number of anilines is 1. The normalized spacial score (nSPS) is 13.7. The Morgan fingerprint density at radius 1 is 1.25 bits per heavy atom. The molecule has 0 saturated carbocycles. The van der Waals surface area contributed by atoms with Crippen LogP contribution in [-0.4, -0.2) is 47.3 Å². The van der Waals surface area contributed by atoms with Crippen LogP contribution in [0.25, 0.3) is 0 Å². The van der Waals surface area contributed by atoms with Crippen molar-refractivity contribution >= 4 is 44.9 Å². The van der Waals surface area contributed by atoms with Crippen molar-refractivity contribution in [3.05, 3.63) is 29.8 Å². The summed E-state index contributed by atoms with van der Waals surface area (Å²) in [4.78, 5) is 22.4. The Hall–Kier alpha value is -1.67. The first kappa shape index (κ1) is 18.7. The van der Waals surface area contributed by atoms with Gasteiger partial charge in [0.25, 0.3) is 5.91 Å². The summed E-state index contributed by atoms with van der Waals surface area (Å²) < 4.78 is 0. The van der Waals surface area contributed by atoms with Crippen LogP contribution in [0.4, 0.5) is 5.69 Å². The average Bonchev–Trinajstić information content (AvgIpc) is 3.00. The van der Waals surface area contributed by atoms with Gasteiger partial charge in [-0.1, -0.05) is 21.6 Å². The third kappa shape index (κ3) is 6.09. The number of benzene rings is 1. The molecular formula is C16H21N3O3S2. The molecule has 1 aliphatic heterocycles. The Bertz CT molecular complexity index is 605. The lowest BCUT2D eigenvalue weighted by Gasteiger charge is -2.14. The fourth-order valence-electron chi connectivity index (χ4n) is 2.10. The van der Waals surface area contributed by atoms with E-state index in [-0.39, 0.29) is 12.3 Å². The molecule has 0 saturated heterocycles. The molecule has 1 aromatic rings. The van der Waals surface area contributed by atoms with Crippen molar-refractivity contribution in [3.8, 4) is 0 Å². The van der Waals surface area contributed by atoms with E-state index in [1.807, 2.05) is 36.2 Å². The van der Waals surface area contributed by atoms with Gasteiger partial charge >= 0.3 is 5.97 Å². The largest absolute Gasteiger partial charge is 0.481 e. The Morgan fingerprint density at radius 3 is 2.58 bits per heavy atom. The van der Waals surface area contributed by atoms with Crippen molar-refractivity contribution in [2.24, 2.45) is 5.10 Å². The molecule has 24 heavy (non-hydrogen) atoms. The van der Waals surface area contributed by atoms with E-state index in [2.05, 4.69) is 10.4 Å². The summed E-state index contributed by atoms with van der Waals surface area (Å²) in [5, 5.41) is 17.8. The summed E-state index contributed by atoms with van der Waals surface area (Å²) in [5.74, 6) is 0.442. The van der Waals surface area contributed by atoms with E-state index in [0.717, 1.165) is 30.1 Å². The molecule has 0 unspecified atom stereocenters. The molecular weight excluding hydrogens is 346 g/mol. The summed E-state index contributed by atoms with van der Waals surface area (Å²) in [5.41, 5.74) is 2.74. The van der Waals surface area contributed by atoms with E-state index in [0.29, 0.717) is 17.9 Å². The molecule has 0 aliphatic carbocycles. The van der Waals surface area contributed by atoms with E-state index in [1.165, 1.54) is 10.8 Å². The Morgan fingerprint density at radius 2 is 1.96 bits per heavy atom. The minimum absolute atomic E-state index is 0.0983. The van der Waals surface area contributed by atoms with E-state index < -0.39 is 5.97 Å². The lowest BCUT2D eigenvalue weighted by atomic mass is 10.2. The van der Waals surface area contributed by atoms with Crippen molar-refractivity contribution in [2.75, 3.05) is 29.6 Å². The minimum Gasteiger partial charge on any atom is -0.481 e. The second-order valence-corrected chi connectivity index (χ2v) is 8.00. The van der Waals surface area contributed by atoms with Crippen LogP contribution in [0, 0.1) is 0 Å². The molecule has 1 amide bonds. The number of hydrogen-bond donors (Lipinski definition) is 2. The smallest absolute Gasteiger partial charge is 0.304 e. The molecule has 6 nitrogen and oxygen atoms in total. The van der Waals surface area contributed by atoms with E-state index >= 15 is 0 Å². The number of carboxylic acids is 1. The van der Waals surface area contributed by atoms with Crippen molar-refractivity contribution < 1.29 is 14.7 Å². The van der Waals surface area contributed by atoms with Crippen LogP contribution >= 0.6 is 21.6 Å². The van der Waals surface area contributed by atoms with Gasteiger partial charge in [0.1, 0.15) is 0 Å². The van der Waals surface area contributed by atoms with Gasteiger partial charge in [0.15, 0.2) is 0 Å². The maximum Gasteiger partial charge on any atom is 0.304 e. The predicted molar refractivity (Wildman–Crippen MR) is 101 cm³/mol. The SMILES string of the molecule is CC1=NN(c2ccc(C(=O)NCCSSCCC(=O)O)cc2)CC1. The standard InChI is InChI=1S/C16H21N3O3S2/c1-12-6-9-19(18-12)14-4-2-13(3-5-14)16(22)17-8-11-24-23-10-7-15(20)21/h2-5H,6-11H2,1H3,(H,17,22)(H,20,21). The number of nitrogens with zero attached hydrogens (tertiary/aromatic N) is 2. The Kier molecular flexibility index (Phi) is 7.45. The number of aliphatic carboxylic acids is 1. The quantitative estimate of drug-likeness (QED) is 0.516. The van der Waals surface area contributed by atoms with Gasteiger partial charge in [-0.2, -0.15) is 5.10 Å². The van der Waals surface area contributed by atoms with Crippen molar-refractivity contribution in [3.63, 3.8) is 0 Å². The molecule has 1 aromatic carbocycles. The highest BCUT2D eigenvalue weighted by molar-refractivity contribution is 8.76. The highest BCUT2D eigenvalue weighted by Gasteiger charge is 2.13. The topological polar surface area (TPSA) is 82.0 Å². The second-order valence-electron chi connectivity index (χ2n) is 5.30. The molecule has 130 valence electrons. The van der Waals surface area contributed by atoms with Gasteiger partial charge in [0, 0.05) is 42.3 Å². The fourth-order valence-corrected chi connectivity index (χ4v) is 3.99. The van der Waals surface area contributed by atoms with Gasteiger partial charge in [-0.05, 0) is 31.2 Å². The summed E-state index contributed by atoms with van der Waals surface area (Å²) in [6, 6.07) is 7.44. The maximum absolute atomic E-state index is 12.1. The number of nitrogens with one attached hydrogen (secondary N) is 1. The zero-order valence-electron chi connectivity index (χ0n) is 13.5. The molecule has 0 fully saturated rings. The van der Waals surface area contributed by atoms with Gasteiger partial charge in [0.05, 0.1) is 12.1 Å². The lowest BCUT2D eigenvalue weighted by Crippen LogP contribution is -2.25. The monoisotopic (exact) mass is 367 g/mol. The molecule has 2 N–H and O–H groups in total. The molecule has 8 heteroatoms. The molecule has 2 rings (SSSR count). The molecule has 0 bridgehead atoms. The van der Waals surface area contributed by atoms with Crippen LogP contribution in [0.1, 0.15) is 30.1 Å². The molecule has 0 atom stereocenters. The van der Waals surface area contributed by atoms with E-state index in [4.69, 9.17) is 5.11 Å². The van der Waals surface area contributed by atoms with Crippen molar-refractivity contribution in [1.29, 1.82) is 0 Å². The van der Waals surface area contributed by atoms with Crippen LogP contribution in [0.2, 0.25) is 0 Å². The predicted octanol–water partition coefficient (Wildman–Crippen LogP) is 2.86. The molecule has 0 spiro atoms. The molecule has 1 heterocycles.